The maximum absolute atomic E-state index is 13.1. The minimum absolute atomic E-state index is 0.0126. The van der Waals surface area contributed by atoms with Crippen LogP contribution in [0.1, 0.15) is 24.8 Å². The molecule has 1 aromatic heterocycles. The maximum atomic E-state index is 13.1. The minimum atomic E-state index is -0.279. The average molecular weight is 414 g/mol. The second-order valence-electron chi connectivity index (χ2n) is 6.94. The largest absolute Gasteiger partial charge is 0.335 e. The first-order valence-corrected chi connectivity index (χ1v) is 9.66. The molecule has 5 nitrogen and oxygen atoms in total. The fraction of sp³-hybridized carbons (Fsp3) is 0.350. The van der Waals surface area contributed by atoms with Crippen molar-refractivity contribution in [1.82, 2.24) is 9.88 Å². The Morgan fingerprint density at radius 3 is 2.81 bits per heavy atom. The molecule has 2 heterocycles. The van der Waals surface area contributed by atoms with E-state index in [0.717, 1.165) is 28.6 Å². The number of pyridine rings is 1. The molecule has 1 aliphatic carbocycles. The molecule has 6 heteroatoms. The number of aromatic nitrogens is 1. The second kappa shape index (κ2) is 7.19. The topological polar surface area (TPSA) is 53.5 Å². The third-order valence-corrected chi connectivity index (χ3v) is 5.43. The lowest BCUT2D eigenvalue weighted by molar-refractivity contribution is -0.137. The van der Waals surface area contributed by atoms with Gasteiger partial charge in [-0.2, -0.15) is 0 Å². The first-order valence-electron chi connectivity index (χ1n) is 8.87. The number of carbonyl (C=O) groups is 2. The molecular formula is C20H20BrN3O2. The van der Waals surface area contributed by atoms with Crippen molar-refractivity contribution in [2.75, 3.05) is 11.4 Å². The molecule has 4 rings (SSSR count). The molecule has 1 saturated heterocycles. The van der Waals surface area contributed by atoms with Crippen LogP contribution >= 0.6 is 15.9 Å². The number of hydrogen-bond donors (Lipinski definition) is 0. The lowest BCUT2D eigenvalue weighted by Gasteiger charge is -2.25. The van der Waals surface area contributed by atoms with E-state index in [4.69, 9.17) is 0 Å². The highest BCUT2D eigenvalue weighted by atomic mass is 79.9. The van der Waals surface area contributed by atoms with Crippen LogP contribution in [0.5, 0.6) is 0 Å². The third kappa shape index (κ3) is 3.65. The summed E-state index contributed by atoms with van der Waals surface area (Å²) in [5.41, 5.74) is 1.87. The smallest absolute Gasteiger partial charge is 0.228 e. The van der Waals surface area contributed by atoms with E-state index in [1.54, 1.807) is 17.3 Å². The Bertz CT molecular complexity index is 823. The van der Waals surface area contributed by atoms with Crippen LogP contribution in [-0.2, 0) is 16.1 Å². The Morgan fingerprint density at radius 2 is 2.12 bits per heavy atom. The average Bonchev–Trinajstić information content (AvgIpc) is 3.41. The van der Waals surface area contributed by atoms with Crippen LogP contribution in [0.4, 0.5) is 5.69 Å². The van der Waals surface area contributed by atoms with Crippen molar-refractivity contribution in [3.05, 3.63) is 58.8 Å². The first-order chi connectivity index (χ1) is 12.6. The fourth-order valence-electron chi connectivity index (χ4n) is 3.46. The molecule has 0 N–H and O–H groups in total. The molecule has 0 radical (unpaired) electrons. The van der Waals surface area contributed by atoms with Crippen molar-refractivity contribution < 1.29 is 9.59 Å². The van der Waals surface area contributed by atoms with Crippen LogP contribution in [0.2, 0.25) is 0 Å². The predicted molar refractivity (Wildman–Crippen MR) is 102 cm³/mol. The lowest BCUT2D eigenvalue weighted by Crippen LogP contribution is -2.38. The Kier molecular flexibility index (Phi) is 4.76. The number of hydrogen-bond acceptors (Lipinski definition) is 3. The molecule has 2 amide bonds. The van der Waals surface area contributed by atoms with E-state index >= 15 is 0 Å². The van der Waals surface area contributed by atoms with Gasteiger partial charge in [-0.15, -0.1) is 0 Å². The molecule has 1 aliphatic heterocycles. The van der Waals surface area contributed by atoms with Crippen LogP contribution in [0.25, 0.3) is 0 Å². The third-order valence-electron chi connectivity index (χ3n) is 4.94. The highest BCUT2D eigenvalue weighted by Crippen LogP contribution is 2.33. The second-order valence-corrected chi connectivity index (χ2v) is 7.86. The van der Waals surface area contributed by atoms with E-state index in [1.807, 2.05) is 41.3 Å². The summed E-state index contributed by atoms with van der Waals surface area (Å²) in [7, 11) is 0. The molecule has 0 unspecified atom stereocenters. The molecule has 0 bridgehead atoms. The highest BCUT2D eigenvalue weighted by Gasteiger charge is 2.41. The molecule has 26 heavy (non-hydrogen) atoms. The van der Waals surface area contributed by atoms with Crippen molar-refractivity contribution in [3.63, 3.8) is 0 Å². The van der Waals surface area contributed by atoms with Gasteiger partial charge in [-0.1, -0.05) is 28.1 Å². The summed E-state index contributed by atoms with van der Waals surface area (Å²) < 4.78 is 0.925. The summed E-state index contributed by atoms with van der Waals surface area (Å²) in [6.45, 7) is 1.02. The molecule has 1 atom stereocenters. The number of nitrogens with zero attached hydrogens (tertiary/aromatic N) is 3. The van der Waals surface area contributed by atoms with Crippen LogP contribution in [0.15, 0.2) is 53.3 Å². The molecule has 2 fully saturated rings. The number of rotatable bonds is 5. The molecular weight excluding hydrogens is 394 g/mol. The van der Waals surface area contributed by atoms with Crippen LogP contribution in [-0.4, -0.2) is 34.3 Å². The van der Waals surface area contributed by atoms with Crippen molar-refractivity contribution in [2.45, 2.75) is 31.8 Å². The zero-order chi connectivity index (χ0) is 18.1. The summed E-state index contributed by atoms with van der Waals surface area (Å²) >= 11 is 3.44. The quantitative estimate of drug-likeness (QED) is 0.754. The van der Waals surface area contributed by atoms with Gasteiger partial charge >= 0.3 is 0 Å². The minimum Gasteiger partial charge on any atom is -0.335 e. The molecule has 1 saturated carbocycles. The standard InChI is InChI=1S/C20H20BrN3O2/c21-16-4-1-5-18(10-16)23-13-15(9-19(23)25)20(26)24(17-6-7-17)12-14-3-2-8-22-11-14/h1-5,8,10-11,15,17H,6-7,9,12-13H2/t15-/m1/s1. The number of carbonyl (C=O) groups excluding carboxylic acids is 2. The summed E-state index contributed by atoms with van der Waals surface area (Å²) in [5, 5.41) is 0. The van der Waals surface area contributed by atoms with Gasteiger partial charge in [-0.25, -0.2) is 0 Å². The predicted octanol–water partition coefficient (Wildman–Crippen LogP) is 3.39. The molecule has 134 valence electrons. The Morgan fingerprint density at radius 1 is 1.27 bits per heavy atom. The van der Waals surface area contributed by atoms with Gasteiger partial charge in [-0.3, -0.25) is 14.6 Å². The van der Waals surface area contributed by atoms with E-state index in [-0.39, 0.29) is 24.2 Å². The zero-order valence-corrected chi connectivity index (χ0v) is 15.9. The van der Waals surface area contributed by atoms with Gasteiger partial charge in [0.2, 0.25) is 11.8 Å². The molecule has 1 aromatic carbocycles. The SMILES string of the molecule is O=C1C[C@@H](C(=O)N(Cc2cccnc2)C2CC2)CN1c1cccc(Br)c1. The van der Waals surface area contributed by atoms with E-state index < -0.39 is 0 Å². The number of benzene rings is 1. The highest BCUT2D eigenvalue weighted by molar-refractivity contribution is 9.10. The van der Waals surface area contributed by atoms with Gasteiger partial charge in [0.25, 0.3) is 0 Å². The van der Waals surface area contributed by atoms with Crippen molar-refractivity contribution in [1.29, 1.82) is 0 Å². The lowest BCUT2D eigenvalue weighted by atomic mass is 10.1. The van der Waals surface area contributed by atoms with E-state index in [1.165, 1.54) is 0 Å². The Labute approximate surface area is 161 Å². The van der Waals surface area contributed by atoms with E-state index in [2.05, 4.69) is 20.9 Å². The van der Waals surface area contributed by atoms with Gasteiger partial charge < -0.3 is 9.80 Å². The summed E-state index contributed by atoms with van der Waals surface area (Å²) in [6, 6.07) is 11.8. The molecule has 0 spiro atoms. The van der Waals surface area contributed by atoms with Gasteiger partial charge in [-0.05, 0) is 42.7 Å². The van der Waals surface area contributed by atoms with Crippen molar-refractivity contribution in [3.8, 4) is 0 Å². The normalized spacial score (nSPS) is 19.7. The van der Waals surface area contributed by atoms with E-state index in [0.29, 0.717) is 19.1 Å². The fourth-order valence-corrected chi connectivity index (χ4v) is 3.85. The van der Waals surface area contributed by atoms with Crippen LogP contribution in [0.3, 0.4) is 0 Å². The summed E-state index contributed by atoms with van der Waals surface area (Å²) in [5.74, 6) is -0.181. The monoisotopic (exact) mass is 413 g/mol. The van der Waals surface area contributed by atoms with Gasteiger partial charge in [0.15, 0.2) is 0 Å². The number of anilines is 1. The Hall–Kier alpha value is -2.21. The zero-order valence-electron chi connectivity index (χ0n) is 14.3. The van der Waals surface area contributed by atoms with Gasteiger partial charge in [0.1, 0.15) is 0 Å². The first kappa shape index (κ1) is 17.2. The van der Waals surface area contributed by atoms with Crippen LogP contribution < -0.4 is 4.90 Å². The van der Waals surface area contributed by atoms with Crippen molar-refractivity contribution >= 4 is 33.4 Å². The summed E-state index contributed by atoms with van der Waals surface area (Å²) in [6.07, 6.45) is 5.90. The summed E-state index contributed by atoms with van der Waals surface area (Å²) in [4.78, 5) is 33.4. The number of halogens is 1. The van der Waals surface area contributed by atoms with Gasteiger partial charge in [0, 0.05) is 48.1 Å². The molecule has 2 aliphatic rings. The van der Waals surface area contributed by atoms with Gasteiger partial charge in [0.05, 0.1) is 5.92 Å². The maximum Gasteiger partial charge on any atom is 0.228 e. The van der Waals surface area contributed by atoms with E-state index in [9.17, 15) is 9.59 Å². The van der Waals surface area contributed by atoms with Crippen molar-refractivity contribution in [2.24, 2.45) is 5.92 Å². The Balaban J connectivity index is 1.49. The van der Waals surface area contributed by atoms with Crippen LogP contribution in [0, 0.1) is 5.92 Å². The molecule has 2 aromatic rings. The number of amides is 2.